The van der Waals surface area contributed by atoms with E-state index in [0.717, 1.165) is 99.1 Å². The van der Waals surface area contributed by atoms with Crippen LogP contribution in [0.4, 0.5) is 0 Å². The zero-order chi connectivity index (χ0) is 35.3. The highest BCUT2D eigenvalue weighted by atomic mass is 16.3. The number of rotatable bonds is 3. The summed E-state index contributed by atoms with van der Waals surface area (Å²) in [6.45, 7) is 0. The van der Waals surface area contributed by atoms with Crippen molar-refractivity contribution in [3.63, 3.8) is 0 Å². The molecule has 54 heavy (non-hydrogen) atoms. The molecule has 12 aromatic rings. The number of para-hydroxylation sites is 1. The van der Waals surface area contributed by atoms with Gasteiger partial charge in [-0.25, -0.2) is 4.98 Å². The van der Waals surface area contributed by atoms with E-state index in [9.17, 15) is 0 Å². The van der Waals surface area contributed by atoms with Crippen LogP contribution in [0.25, 0.3) is 121 Å². The highest BCUT2D eigenvalue weighted by molar-refractivity contribution is 6.26. The van der Waals surface area contributed by atoms with Gasteiger partial charge in [0.15, 0.2) is 0 Å². The molecule has 3 heterocycles. The molecule has 3 heteroatoms. The second-order valence-electron chi connectivity index (χ2n) is 14.2. The predicted octanol–water partition coefficient (Wildman–Crippen LogP) is 14.5. The van der Waals surface area contributed by atoms with Gasteiger partial charge in [0.2, 0.25) is 0 Å². The van der Waals surface area contributed by atoms with Crippen molar-refractivity contribution in [2.45, 2.75) is 0 Å². The second kappa shape index (κ2) is 11.1. The summed E-state index contributed by atoms with van der Waals surface area (Å²) in [5.41, 5.74) is 11.0. The summed E-state index contributed by atoms with van der Waals surface area (Å²) in [5.74, 6) is 0. The third-order valence-electron chi connectivity index (χ3n) is 11.2. The van der Waals surface area contributed by atoms with Gasteiger partial charge in [0.1, 0.15) is 22.3 Å². The van der Waals surface area contributed by atoms with E-state index < -0.39 is 0 Å². The van der Waals surface area contributed by atoms with Gasteiger partial charge in [-0.05, 0) is 74.6 Å². The number of hydrogen-bond acceptors (Lipinski definition) is 3. The van der Waals surface area contributed by atoms with Gasteiger partial charge < -0.3 is 8.83 Å². The monoisotopic (exact) mass is 687 g/mol. The summed E-state index contributed by atoms with van der Waals surface area (Å²) in [7, 11) is 0. The maximum absolute atomic E-state index is 6.73. The number of aromatic nitrogens is 1. The molecular formula is C51H29NO2. The third-order valence-corrected chi connectivity index (χ3v) is 11.2. The minimum Gasteiger partial charge on any atom is -0.455 e. The van der Waals surface area contributed by atoms with Crippen molar-refractivity contribution in [3.05, 3.63) is 176 Å². The molecule has 0 bridgehead atoms. The van der Waals surface area contributed by atoms with Gasteiger partial charge >= 0.3 is 0 Å². The molecule has 3 nitrogen and oxygen atoms in total. The number of nitrogens with zero attached hydrogens (tertiary/aromatic N) is 1. The van der Waals surface area contributed by atoms with Crippen molar-refractivity contribution in [2.75, 3.05) is 0 Å². The first-order chi connectivity index (χ1) is 26.7. The molecule has 3 aromatic heterocycles. The van der Waals surface area contributed by atoms with E-state index in [1.165, 1.54) is 21.5 Å². The fourth-order valence-corrected chi connectivity index (χ4v) is 8.63. The lowest BCUT2D eigenvalue weighted by molar-refractivity contribution is 0.670. The average molecular weight is 688 g/mol. The Balaban J connectivity index is 1.04. The van der Waals surface area contributed by atoms with Crippen LogP contribution < -0.4 is 0 Å². The maximum atomic E-state index is 6.73. The van der Waals surface area contributed by atoms with Crippen LogP contribution in [-0.4, -0.2) is 4.98 Å². The first kappa shape index (κ1) is 29.4. The predicted molar refractivity (Wildman–Crippen MR) is 225 cm³/mol. The smallest absolute Gasteiger partial charge is 0.144 e. The summed E-state index contributed by atoms with van der Waals surface area (Å²) in [4.78, 5) is 5.34. The largest absolute Gasteiger partial charge is 0.455 e. The Bertz CT molecular complexity index is 3480. The lowest BCUT2D eigenvalue weighted by Gasteiger charge is -2.12. The first-order valence-corrected chi connectivity index (χ1v) is 18.4. The molecule has 0 atom stereocenters. The molecule has 12 rings (SSSR count). The molecule has 9 aromatic carbocycles. The summed E-state index contributed by atoms with van der Waals surface area (Å²) in [6.07, 6.45) is 0. The fraction of sp³-hybridized carbons (Fsp3) is 0. The summed E-state index contributed by atoms with van der Waals surface area (Å²) in [6, 6.07) is 62.4. The lowest BCUT2D eigenvalue weighted by atomic mass is 9.94. The first-order valence-electron chi connectivity index (χ1n) is 18.4. The molecular weight excluding hydrogens is 659 g/mol. The van der Waals surface area contributed by atoms with E-state index in [4.69, 9.17) is 13.8 Å². The number of hydrogen-bond donors (Lipinski definition) is 0. The summed E-state index contributed by atoms with van der Waals surface area (Å²) in [5, 5.41) is 12.6. The molecule has 250 valence electrons. The molecule has 0 saturated heterocycles. The molecule has 0 aliphatic rings. The Morgan fingerprint density at radius 3 is 1.81 bits per heavy atom. The molecule has 0 N–H and O–H groups in total. The molecule has 0 amide bonds. The topological polar surface area (TPSA) is 39.2 Å². The van der Waals surface area contributed by atoms with Crippen LogP contribution >= 0.6 is 0 Å². The van der Waals surface area contributed by atoms with E-state index in [1.807, 2.05) is 18.2 Å². The standard InChI is InChI=1S/C51H29NO2/c1-2-10-32(11-3-1)49-41-25-24-39-38-16-8-9-17-45(38)53-50(39)48(41)40-23-22-35(28-44(40)52-49)30-18-20-31(21-19-30)42-27-36-14-6-7-15-37(36)47-43-26-33-12-4-5-13-34(33)29-46(43)54-51(42)47/h1-29H. The van der Waals surface area contributed by atoms with Crippen LogP contribution in [0.3, 0.4) is 0 Å². The third kappa shape index (κ3) is 4.27. The number of pyridine rings is 1. The van der Waals surface area contributed by atoms with Crippen molar-refractivity contribution in [2.24, 2.45) is 0 Å². The van der Waals surface area contributed by atoms with Crippen LogP contribution in [0.15, 0.2) is 185 Å². The van der Waals surface area contributed by atoms with Crippen molar-refractivity contribution in [1.82, 2.24) is 4.98 Å². The number of fused-ring (bicyclic) bond motifs is 13. The van der Waals surface area contributed by atoms with Crippen molar-refractivity contribution in [3.8, 4) is 33.5 Å². The van der Waals surface area contributed by atoms with Gasteiger partial charge in [-0.15, -0.1) is 0 Å². The molecule has 0 unspecified atom stereocenters. The Labute approximate surface area is 309 Å². The molecule has 0 spiro atoms. The summed E-state index contributed by atoms with van der Waals surface area (Å²) < 4.78 is 13.3. The van der Waals surface area contributed by atoms with E-state index in [0.29, 0.717) is 0 Å². The molecule has 0 aliphatic heterocycles. The van der Waals surface area contributed by atoms with Crippen LogP contribution in [0.5, 0.6) is 0 Å². The highest BCUT2D eigenvalue weighted by Gasteiger charge is 2.19. The Morgan fingerprint density at radius 2 is 0.963 bits per heavy atom. The fourth-order valence-electron chi connectivity index (χ4n) is 8.63. The van der Waals surface area contributed by atoms with Gasteiger partial charge in [0.05, 0.1) is 11.2 Å². The lowest BCUT2D eigenvalue weighted by Crippen LogP contribution is -1.91. The van der Waals surface area contributed by atoms with Crippen LogP contribution in [-0.2, 0) is 0 Å². The van der Waals surface area contributed by atoms with Crippen molar-refractivity contribution >= 4 is 87.1 Å². The van der Waals surface area contributed by atoms with Gasteiger partial charge in [0, 0.05) is 48.8 Å². The maximum Gasteiger partial charge on any atom is 0.144 e. The van der Waals surface area contributed by atoms with E-state index in [1.54, 1.807) is 0 Å². The average Bonchev–Trinajstić information content (AvgIpc) is 3.81. The van der Waals surface area contributed by atoms with Gasteiger partial charge in [0.25, 0.3) is 0 Å². The molecule has 0 saturated carbocycles. The Kier molecular flexibility index (Phi) is 6.05. The van der Waals surface area contributed by atoms with Gasteiger partial charge in [-0.3, -0.25) is 0 Å². The van der Waals surface area contributed by atoms with Crippen LogP contribution in [0, 0.1) is 0 Å². The van der Waals surface area contributed by atoms with Crippen molar-refractivity contribution < 1.29 is 8.83 Å². The normalized spacial score (nSPS) is 12.1. The quantitative estimate of drug-likeness (QED) is 0.174. The van der Waals surface area contributed by atoms with Crippen LogP contribution in [0.1, 0.15) is 0 Å². The molecule has 0 aliphatic carbocycles. The zero-order valence-electron chi connectivity index (χ0n) is 29.0. The minimum absolute atomic E-state index is 0.891. The number of benzene rings is 9. The minimum atomic E-state index is 0.891. The van der Waals surface area contributed by atoms with E-state index in [-0.39, 0.29) is 0 Å². The second-order valence-corrected chi connectivity index (χ2v) is 14.2. The van der Waals surface area contributed by atoms with E-state index >= 15 is 0 Å². The van der Waals surface area contributed by atoms with Crippen molar-refractivity contribution in [1.29, 1.82) is 0 Å². The molecule has 0 radical (unpaired) electrons. The highest BCUT2D eigenvalue weighted by Crippen LogP contribution is 2.44. The SMILES string of the molecule is c1ccc(-c2nc3cc(-c4ccc(-c5cc6ccccc6c6c5oc5cc7ccccc7cc56)cc4)ccc3c3c2ccc2c4ccccc4oc23)cc1. The molecule has 0 fully saturated rings. The van der Waals surface area contributed by atoms with Crippen LogP contribution in [0.2, 0.25) is 0 Å². The Hall–Kier alpha value is -7.23. The van der Waals surface area contributed by atoms with Gasteiger partial charge in [-0.1, -0.05) is 140 Å². The Morgan fingerprint density at radius 1 is 0.333 bits per heavy atom. The zero-order valence-corrected chi connectivity index (χ0v) is 29.0. The van der Waals surface area contributed by atoms with E-state index in [2.05, 4.69) is 158 Å². The van der Waals surface area contributed by atoms with Gasteiger partial charge in [-0.2, -0.15) is 0 Å². The number of furan rings is 2. The summed E-state index contributed by atoms with van der Waals surface area (Å²) >= 11 is 0.